The summed E-state index contributed by atoms with van der Waals surface area (Å²) in [6.45, 7) is 7.17. The Bertz CT molecular complexity index is 1860. The number of ether oxygens (including phenoxy) is 7. The number of benzene rings is 2. The number of hydrogen-bond donors (Lipinski definition) is 3. The van der Waals surface area contributed by atoms with E-state index in [2.05, 4.69) is 18.0 Å². The van der Waals surface area contributed by atoms with Crippen molar-refractivity contribution in [1.29, 1.82) is 0 Å². The van der Waals surface area contributed by atoms with Gasteiger partial charge < -0.3 is 48.2 Å². The van der Waals surface area contributed by atoms with Gasteiger partial charge in [0.25, 0.3) is 0 Å². The summed E-state index contributed by atoms with van der Waals surface area (Å²) in [5, 5.41) is 27.5. The standard InChI is InChI=1S/C46H63N3O12/c1-6-21-49(45(53)56-5)40-29-37(48-61-41-16-10-13-25-57-41)34-26-30(14-8-11-22-50)33(15-9-12-23-51)42-35-27-32(18-20-38(35)60-46(40,43(34)42)58-24-7-2)59-44(52)47-36-19-17-31(54-3)28-39(36)55-4/h7,17-20,26-28,30,33,40-43,50-51H,2,6,8-16,21-25,29H2,1,3-5H3,(H,47,52)/t30-,33+,40-,41?,42+,43+,46+/m0/s1. The summed E-state index contributed by atoms with van der Waals surface area (Å²) in [4.78, 5) is 35.2. The lowest BCUT2D eigenvalue weighted by Crippen LogP contribution is -2.70. The van der Waals surface area contributed by atoms with Crippen molar-refractivity contribution in [2.24, 2.45) is 22.9 Å². The van der Waals surface area contributed by atoms with Crippen LogP contribution in [0.1, 0.15) is 89.0 Å². The van der Waals surface area contributed by atoms with Gasteiger partial charge in [0.2, 0.25) is 12.1 Å². The molecule has 2 aromatic carbocycles. The van der Waals surface area contributed by atoms with Gasteiger partial charge in [-0.1, -0.05) is 37.1 Å². The molecule has 61 heavy (non-hydrogen) atoms. The van der Waals surface area contributed by atoms with Crippen LogP contribution in [0.4, 0.5) is 15.3 Å². The van der Waals surface area contributed by atoms with Gasteiger partial charge in [0.15, 0.2) is 0 Å². The molecule has 7 atom stereocenters. The number of hydrogen-bond acceptors (Lipinski definition) is 13. The van der Waals surface area contributed by atoms with E-state index in [4.69, 9.17) is 43.2 Å². The highest BCUT2D eigenvalue weighted by molar-refractivity contribution is 6.03. The zero-order valence-electron chi connectivity index (χ0n) is 36.0. The Morgan fingerprint density at radius 3 is 2.49 bits per heavy atom. The summed E-state index contributed by atoms with van der Waals surface area (Å²) in [5.74, 6) is -0.542. The van der Waals surface area contributed by atoms with E-state index in [1.165, 1.54) is 14.2 Å². The zero-order chi connectivity index (χ0) is 43.4. The van der Waals surface area contributed by atoms with E-state index >= 15 is 0 Å². The smallest absolute Gasteiger partial charge is 0.417 e. The third-order valence-corrected chi connectivity index (χ3v) is 12.2. The average molecular weight is 850 g/mol. The van der Waals surface area contributed by atoms with E-state index in [-0.39, 0.29) is 49.7 Å². The highest BCUT2D eigenvalue weighted by Crippen LogP contribution is 2.62. The fraction of sp³-hybridized carbons (Fsp3) is 0.587. The highest BCUT2D eigenvalue weighted by atomic mass is 16.8. The number of methoxy groups -OCH3 is 3. The number of aliphatic hydroxyl groups excluding tert-OH is 2. The highest BCUT2D eigenvalue weighted by Gasteiger charge is 2.65. The maximum absolute atomic E-state index is 13.8. The van der Waals surface area contributed by atoms with Crippen molar-refractivity contribution in [1.82, 2.24) is 4.90 Å². The minimum atomic E-state index is -1.45. The van der Waals surface area contributed by atoms with E-state index in [1.54, 1.807) is 48.4 Å². The van der Waals surface area contributed by atoms with Gasteiger partial charge >= 0.3 is 12.2 Å². The minimum absolute atomic E-state index is 0.0139. The summed E-state index contributed by atoms with van der Waals surface area (Å²) < 4.78 is 42.3. The minimum Gasteiger partial charge on any atom is -0.497 e. The first-order valence-corrected chi connectivity index (χ1v) is 21.7. The first kappa shape index (κ1) is 45.7. The van der Waals surface area contributed by atoms with Crippen molar-refractivity contribution >= 4 is 23.6 Å². The molecule has 0 spiro atoms. The number of carbonyl (C=O) groups is 2. The lowest BCUT2D eigenvalue weighted by atomic mass is 9.55. The number of fused-ring (bicyclic) bond motifs is 2. The van der Waals surface area contributed by atoms with Crippen LogP contribution >= 0.6 is 0 Å². The summed E-state index contributed by atoms with van der Waals surface area (Å²) in [6, 6.07) is 9.64. The molecule has 2 aromatic rings. The molecule has 0 aromatic heterocycles. The number of aliphatic hydroxyl groups is 2. The van der Waals surface area contributed by atoms with Crippen molar-refractivity contribution < 1.29 is 57.8 Å². The number of carbonyl (C=O) groups excluding carboxylic acids is 2. The second kappa shape index (κ2) is 21.8. The number of unbranched alkanes of at least 4 members (excludes halogenated alkanes) is 2. The summed E-state index contributed by atoms with van der Waals surface area (Å²) in [5.41, 5.74) is 2.75. The second-order valence-electron chi connectivity index (χ2n) is 15.9. The normalized spacial score (nSPS) is 25.8. The molecule has 1 saturated heterocycles. The molecule has 2 heterocycles. The van der Waals surface area contributed by atoms with E-state index in [1.807, 2.05) is 13.0 Å². The number of allylic oxidation sites excluding steroid dienone is 1. The number of anilines is 1. The number of nitrogens with zero attached hydrogens (tertiary/aromatic N) is 2. The quantitative estimate of drug-likeness (QED) is 0.0667. The third-order valence-electron chi connectivity index (χ3n) is 12.2. The third kappa shape index (κ3) is 10.3. The van der Waals surface area contributed by atoms with Crippen molar-refractivity contribution in [3.63, 3.8) is 0 Å². The molecular formula is C46H63N3O12. The molecule has 2 aliphatic heterocycles. The van der Waals surface area contributed by atoms with Gasteiger partial charge in [0.05, 0.1) is 51.9 Å². The molecule has 0 bridgehead atoms. The van der Waals surface area contributed by atoms with Gasteiger partial charge in [-0.3, -0.25) is 10.2 Å². The number of rotatable bonds is 20. The van der Waals surface area contributed by atoms with Gasteiger partial charge in [-0.05, 0) is 92.7 Å². The average Bonchev–Trinajstić information content (AvgIpc) is 3.28. The van der Waals surface area contributed by atoms with E-state index < -0.39 is 36.2 Å². The van der Waals surface area contributed by atoms with Crippen molar-refractivity contribution in [2.45, 2.75) is 102 Å². The lowest BCUT2D eigenvalue weighted by molar-refractivity contribution is -0.255. The van der Waals surface area contributed by atoms with E-state index in [0.29, 0.717) is 67.5 Å². The largest absolute Gasteiger partial charge is 0.497 e. The van der Waals surface area contributed by atoms with E-state index in [0.717, 1.165) is 49.7 Å². The predicted molar refractivity (Wildman–Crippen MR) is 228 cm³/mol. The van der Waals surface area contributed by atoms with E-state index in [9.17, 15) is 19.8 Å². The van der Waals surface area contributed by atoms with Crippen LogP contribution in [0.15, 0.2) is 65.9 Å². The van der Waals surface area contributed by atoms with Crippen molar-refractivity contribution in [2.75, 3.05) is 59.6 Å². The number of nitrogens with one attached hydrogen (secondary N) is 1. The Morgan fingerprint density at radius 1 is 1.02 bits per heavy atom. The number of amides is 2. The molecule has 1 saturated carbocycles. The molecule has 4 aliphatic rings. The fourth-order valence-corrected chi connectivity index (χ4v) is 9.51. The van der Waals surface area contributed by atoms with Gasteiger partial charge in [0, 0.05) is 50.1 Å². The van der Waals surface area contributed by atoms with Crippen LogP contribution in [-0.2, 0) is 19.0 Å². The van der Waals surface area contributed by atoms with Crippen molar-refractivity contribution in [3.05, 3.63) is 66.3 Å². The van der Waals surface area contributed by atoms with Crippen LogP contribution in [0.5, 0.6) is 23.0 Å². The van der Waals surface area contributed by atoms with Crippen molar-refractivity contribution in [3.8, 4) is 23.0 Å². The molecule has 334 valence electrons. The Morgan fingerprint density at radius 2 is 1.80 bits per heavy atom. The molecule has 6 rings (SSSR count). The number of oxime groups is 1. The molecule has 2 amide bonds. The van der Waals surface area contributed by atoms with Gasteiger partial charge in [0.1, 0.15) is 29.0 Å². The first-order valence-electron chi connectivity index (χ1n) is 21.7. The van der Waals surface area contributed by atoms with Gasteiger partial charge in [-0.2, -0.15) is 0 Å². The summed E-state index contributed by atoms with van der Waals surface area (Å²) >= 11 is 0. The van der Waals surface area contributed by atoms with Crippen LogP contribution in [0.3, 0.4) is 0 Å². The molecule has 0 radical (unpaired) electrons. The first-order chi connectivity index (χ1) is 29.7. The molecular weight excluding hydrogens is 787 g/mol. The molecule has 15 heteroatoms. The lowest BCUT2D eigenvalue weighted by Gasteiger charge is -2.59. The molecule has 1 unspecified atom stereocenters. The van der Waals surface area contributed by atoms with Gasteiger partial charge in [-0.25, -0.2) is 9.59 Å². The summed E-state index contributed by atoms with van der Waals surface area (Å²) in [7, 11) is 4.42. The van der Waals surface area contributed by atoms with Gasteiger partial charge in [-0.15, -0.1) is 6.58 Å². The molecule has 15 nitrogen and oxygen atoms in total. The molecule has 2 aliphatic carbocycles. The maximum atomic E-state index is 13.8. The molecule has 2 fully saturated rings. The second-order valence-corrected chi connectivity index (χ2v) is 15.9. The van der Waals surface area contributed by atoms with Crippen LogP contribution in [0, 0.1) is 17.8 Å². The zero-order valence-corrected chi connectivity index (χ0v) is 36.0. The molecule has 3 N–H and O–H groups in total. The topological polar surface area (TPSA) is 176 Å². The fourth-order valence-electron chi connectivity index (χ4n) is 9.51. The van der Waals surface area contributed by atoms with Crippen LogP contribution < -0.4 is 24.3 Å². The Kier molecular flexibility index (Phi) is 16.3. The Hall–Kier alpha value is -4.83. The Balaban J connectivity index is 1.52. The monoisotopic (exact) mass is 849 g/mol. The maximum Gasteiger partial charge on any atom is 0.417 e. The SMILES string of the molecule is C=CCO[C@@]12Oc3ccc(OC(=O)Nc4ccc(OC)cc4OC)cc3[C@H]3[C@H](CCCCO)[C@@H](CCCCO)C=C(C(=NOC4CCCCO4)C[C@@H]1N(CCC)C(=O)OC)[C@H]32. The Labute approximate surface area is 358 Å². The summed E-state index contributed by atoms with van der Waals surface area (Å²) in [6.07, 6.45) is 10.0. The predicted octanol–water partition coefficient (Wildman–Crippen LogP) is 7.95. The van der Waals surface area contributed by atoms with Crippen LogP contribution in [0.2, 0.25) is 0 Å². The van der Waals surface area contributed by atoms with Crippen LogP contribution in [-0.4, -0.2) is 105 Å². The van der Waals surface area contributed by atoms with Crippen LogP contribution in [0.25, 0.3) is 0 Å².